The molecule has 0 spiro atoms. The van der Waals surface area contributed by atoms with Crippen LogP contribution in [0.2, 0.25) is 5.02 Å². The van der Waals surface area contributed by atoms with Crippen LogP contribution in [0.1, 0.15) is 47.7 Å². The number of pyridine rings is 1. The molecule has 23 heavy (non-hydrogen) atoms. The quantitative estimate of drug-likeness (QED) is 0.860. The average Bonchev–Trinajstić information content (AvgIpc) is 2.61. The zero-order chi connectivity index (χ0) is 16.1. The zero-order valence-corrected chi connectivity index (χ0v) is 13.5. The van der Waals surface area contributed by atoms with Crippen molar-refractivity contribution < 1.29 is 4.79 Å². The van der Waals surface area contributed by atoms with Gasteiger partial charge in [0.2, 0.25) is 0 Å². The van der Waals surface area contributed by atoms with Crippen molar-refractivity contribution in [3.05, 3.63) is 64.9 Å². The summed E-state index contributed by atoms with van der Waals surface area (Å²) in [5.41, 5.74) is 5.07. The molecule has 0 bridgehead atoms. The van der Waals surface area contributed by atoms with Gasteiger partial charge in [0.25, 0.3) is 5.91 Å². The first-order chi connectivity index (χ1) is 11.3. The molecule has 118 valence electrons. The van der Waals surface area contributed by atoms with Crippen molar-refractivity contribution in [1.82, 2.24) is 10.4 Å². The van der Waals surface area contributed by atoms with Gasteiger partial charge in [-0.2, -0.15) is 5.10 Å². The van der Waals surface area contributed by atoms with Gasteiger partial charge in [0.1, 0.15) is 0 Å². The van der Waals surface area contributed by atoms with Crippen LogP contribution in [0.5, 0.6) is 0 Å². The highest BCUT2D eigenvalue weighted by atomic mass is 35.5. The van der Waals surface area contributed by atoms with Crippen molar-refractivity contribution in [2.45, 2.75) is 31.6 Å². The molecule has 1 heterocycles. The number of hydrogen-bond acceptors (Lipinski definition) is 3. The van der Waals surface area contributed by atoms with Crippen molar-refractivity contribution in [3.63, 3.8) is 0 Å². The summed E-state index contributed by atoms with van der Waals surface area (Å²) in [5, 5.41) is 4.80. The molecule has 1 aromatic heterocycles. The molecule has 1 fully saturated rings. The van der Waals surface area contributed by atoms with Gasteiger partial charge in [-0.05, 0) is 43.5 Å². The lowest BCUT2D eigenvalue weighted by Crippen LogP contribution is -2.25. The Morgan fingerprint density at radius 1 is 1.17 bits per heavy atom. The number of hydrogen-bond donors (Lipinski definition) is 1. The summed E-state index contributed by atoms with van der Waals surface area (Å²) in [6, 6.07) is 12.9. The van der Waals surface area contributed by atoms with Gasteiger partial charge < -0.3 is 0 Å². The number of carbonyl (C=O) groups excluding carboxylic acids is 1. The molecule has 1 N–H and O–H groups in total. The van der Waals surface area contributed by atoms with E-state index in [-0.39, 0.29) is 11.8 Å². The highest BCUT2D eigenvalue weighted by molar-refractivity contribution is 6.33. The van der Waals surface area contributed by atoms with Crippen molar-refractivity contribution in [1.29, 1.82) is 0 Å². The Labute approximate surface area is 140 Å². The molecule has 0 aliphatic heterocycles. The van der Waals surface area contributed by atoms with E-state index in [0.717, 1.165) is 37.1 Å². The van der Waals surface area contributed by atoms with Crippen molar-refractivity contribution in [2.75, 3.05) is 0 Å². The number of amides is 1. The molecule has 0 radical (unpaired) electrons. The second-order valence-electron chi connectivity index (χ2n) is 5.58. The van der Waals surface area contributed by atoms with E-state index in [1.165, 1.54) is 0 Å². The third kappa shape index (κ3) is 3.77. The minimum absolute atomic E-state index is 0.177. The van der Waals surface area contributed by atoms with Crippen LogP contribution in [0.15, 0.2) is 53.8 Å². The van der Waals surface area contributed by atoms with Crippen LogP contribution in [-0.2, 0) is 0 Å². The molecule has 1 aromatic carbocycles. The van der Waals surface area contributed by atoms with E-state index in [0.29, 0.717) is 10.6 Å². The van der Waals surface area contributed by atoms with E-state index in [1.807, 2.05) is 18.2 Å². The second-order valence-corrected chi connectivity index (χ2v) is 5.98. The first-order valence-corrected chi connectivity index (χ1v) is 8.16. The van der Waals surface area contributed by atoms with E-state index in [1.54, 1.807) is 30.5 Å². The molecular formula is C18H18ClN3O. The largest absolute Gasteiger partial charge is 0.272 e. The van der Waals surface area contributed by atoms with Gasteiger partial charge in [0, 0.05) is 23.5 Å². The summed E-state index contributed by atoms with van der Waals surface area (Å²) < 4.78 is 0. The van der Waals surface area contributed by atoms with E-state index < -0.39 is 0 Å². The molecule has 1 aliphatic carbocycles. The number of halogens is 1. The van der Waals surface area contributed by atoms with Crippen molar-refractivity contribution in [2.24, 2.45) is 5.10 Å². The molecule has 2 aromatic rings. The lowest BCUT2D eigenvalue weighted by Gasteiger charge is -2.23. The lowest BCUT2D eigenvalue weighted by molar-refractivity contribution is 0.0954. The molecule has 3 rings (SSSR count). The minimum atomic E-state index is -0.284. The van der Waals surface area contributed by atoms with Crippen molar-refractivity contribution in [3.8, 4) is 0 Å². The van der Waals surface area contributed by atoms with Gasteiger partial charge in [-0.25, -0.2) is 5.43 Å². The maximum absolute atomic E-state index is 12.2. The standard InChI is InChI=1S/C18H18ClN3O/c19-15-9-3-1-7-13(15)18(23)22-21-17-11-4-2-8-14(17)16-10-5-6-12-20-16/h1,3,5-7,9-10,12,14H,2,4,8,11H2,(H,22,23). The fraction of sp³-hybridized carbons (Fsp3) is 0.278. The number of nitrogens with one attached hydrogen (secondary N) is 1. The van der Waals surface area contributed by atoms with E-state index in [2.05, 4.69) is 15.5 Å². The maximum atomic E-state index is 12.2. The first kappa shape index (κ1) is 15.7. The molecule has 1 aliphatic rings. The van der Waals surface area contributed by atoms with Gasteiger partial charge in [0.15, 0.2) is 0 Å². The summed E-state index contributed by atoms with van der Waals surface area (Å²) in [6.07, 6.45) is 5.93. The molecule has 5 heteroatoms. The van der Waals surface area contributed by atoms with Crippen LogP contribution < -0.4 is 5.43 Å². The monoisotopic (exact) mass is 327 g/mol. The smallest absolute Gasteiger partial charge is 0.267 e. The Morgan fingerprint density at radius 3 is 2.78 bits per heavy atom. The lowest BCUT2D eigenvalue weighted by atomic mass is 9.85. The predicted octanol–water partition coefficient (Wildman–Crippen LogP) is 4.18. The Hall–Kier alpha value is -2.20. The predicted molar refractivity (Wildman–Crippen MR) is 91.8 cm³/mol. The Kier molecular flexibility index (Phi) is 5.03. The van der Waals surface area contributed by atoms with Crippen LogP contribution in [0, 0.1) is 0 Å². The maximum Gasteiger partial charge on any atom is 0.272 e. The van der Waals surface area contributed by atoms with Crippen LogP contribution in [0.25, 0.3) is 0 Å². The number of benzene rings is 1. The summed E-state index contributed by atoms with van der Waals surface area (Å²) >= 11 is 6.05. The molecule has 1 amide bonds. The molecule has 4 nitrogen and oxygen atoms in total. The number of carbonyl (C=O) groups is 1. The highest BCUT2D eigenvalue weighted by Gasteiger charge is 2.23. The summed E-state index contributed by atoms with van der Waals surface area (Å²) in [5.74, 6) is -0.107. The zero-order valence-electron chi connectivity index (χ0n) is 12.7. The first-order valence-electron chi connectivity index (χ1n) is 7.78. The average molecular weight is 328 g/mol. The van der Waals surface area contributed by atoms with E-state index in [4.69, 9.17) is 11.6 Å². The van der Waals surface area contributed by atoms with Crippen LogP contribution in [0.4, 0.5) is 0 Å². The molecule has 1 atom stereocenters. The van der Waals surface area contributed by atoms with Gasteiger partial charge in [-0.3, -0.25) is 9.78 Å². The minimum Gasteiger partial charge on any atom is -0.267 e. The molecular weight excluding hydrogens is 310 g/mol. The number of aromatic nitrogens is 1. The van der Waals surface area contributed by atoms with Crippen LogP contribution >= 0.6 is 11.6 Å². The summed E-state index contributed by atoms with van der Waals surface area (Å²) in [4.78, 5) is 16.7. The molecule has 1 saturated carbocycles. The number of nitrogens with zero attached hydrogens (tertiary/aromatic N) is 2. The van der Waals surface area contributed by atoms with Crippen LogP contribution in [-0.4, -0.2) is 16.6 Å². The summed E-state index contributed by atoms with van der Waals surface area (Å²) in [7, 11) is 0. The van der Waals surface area contributed by atoms with Gasteiger partial charge in [-0.1, -0.05) is 36.2 Å². The summed E-state index contributed by atoms with van der Waals surface area (Å²) in [6.45, 7) is 0. The fourth-order valence-electron chi connectivity index (χ4n) is 2.86. The van der Waals surface area contributed by atoms with E-state index >= 15 is 0 Å². The topological polar surface area (TPSA) is 54.4 Å². The second kappa shape index (κ2) is 7.38. The Balaban J connectivity index is 1.77. The SMILES string of the molecule is O=C(NN=C1CCCCC1c1ccccn1)c1ccccc1Cl. The molecule has 0 saturated heterocycles. The van der Waals surface area contributed by atoms with E-state index in [9.17, 15) is 4.79 Å². The Bertz CT molecular complexity index is 715. The van der Waals surface area contributed by atoms with Crippen LogP contribution in [0.3, 0.4) is 0 Å². The van der Waals surface area contributed by atoms with Gasteiger partial charge >= 0.3 is 0 Å². The Morgan fingerprint density at radius 2 is 2.00 bits per heavy atom. The third-order valence-electron chi connectivity index (χ3n) is 4.04. The normalized spacial score (nSPS) is 19.5. The molecule has 1 unspecified atom stereocenters. The third-order valence-corrected chi connectivity index (χ3v) is 4.37. The highest BCUT2D eigenvalue weighted by Crippen LogP contribution is 2.29. The fourth-order valence-corrected chi connectivity index (χ4v) is 3.08. The number of rotatable bonds is 3. The van der Waals surface area contributed by atoms with Crippen molar-refractivity contribution >= 4 is 23.2 Å². The van der Waals surface area contributed by atoms with Gasteiger partial charge in [0.05, 0.1) is 10.6 Å². The van der Waals surface area contributed by atoms with Gasteiger partial charge in [-0.15, -0.1) is 0 Å². The number of hydrazone groups is 1.